The second-order valence-electron chi connectivity index (χ2n) is 3.74. The molecule has 4 heteroatoms. The first kappa shape index (κ1) is 14.7. The summed E-state index contributed by atoms with van der Waals surface area (Å²) in [7, 11) is 5.25. The molecule has 1 aromatic carbocycles. The first-order chi connectivity index (χ1) is 9.21. The van der Waals surface area contributed by atoms with E-state index in [9.17, 15) is 0 Å². The van der Waals surface area contributed by atoms with Crippen molar-refractivity contribution in [1.82, 2.24) is 0 Å². The molecule has 4 nitrogen and oxygen atoms in total. The summed E-state index contributed by atoms with van der Waals surface area (Å²) in [5.41, 5.74) is 1.87. The molecule has 1 aromatic rings. The van der Waals surface area contributed by atoms with Crippen molar-refractivity contribution in [3.63, 3.8) is 0 Å². The van der Waals surface area contributed by atoms with Crippen molar-refractivity contribution in [2.75, 3.05) is 26.2 Å². The van der Waals surface area contributed by atoms with Gasteiger partial charge in [0.25, 0.3) is 0 Å². The second kappa shape index (κ2) is 7.87. The molecule has 19 heavy (non-hydrogen) atoms. The summed E-state index contributed by atoms with van der Waals surface area (Å²) in [6.45, 7) is 3.73. The molecule has 0 aromatic heterocycles. The highest BCUT2D eigenvalue weighted by molar-refractivity contribution is 5.89. The highest BCUT2D eigenvalue weighted by atomic mass is 16.5. The Bertz CT molecular complexity index is 487. The highest BCUT2D eigenvalue weighted by Crippen LogP contribution is 2.18. The Morgan fingerprint density at radius 1 is 1.32 bits per heavy atom. The van der Waals surface area contributed by atoms with Crippen LogP contribution >= 0.6 is 0 Å². The molecular weight excluding hydrogens is 238 g/mol. The molecule has 0 aliphatic carbocycles. The Hall–Kier alpha value is -2.36. The van der Waals surface area contributed by atoms with Gasteiger partial charge in [0.15, 0.2) is 0 Å². The van der Waals surface area contributed by atoms with Crippen LogP contribution in [0.2, 0.25) is 0 Å². The van der Waals surface area contributed by atoms with Crippen LogP contribution < -0.4 is 9.75 Å². The zero-order chi connectivity index (χ0) is 14.1. The van der Waals surface area contributed by atoms with Gasteiger partial charge in [-0.15, -0.1) is 0 Å². The van der Waals surface area contributed by atoms with Gasteiger partial charge < -0.3 is 4.74 Å². The molecule has 0 heterocycles. The molecular formula is C15H19N3O. The van der Waals surface area contributed by atoms with Crippen LogP contribution in [0.4, 0.5) is 5.69 Å². The molecule has 0 spiro atoms. The van der Waals surface area contributed by atoms with Crippen molar-refractivity contribution in [3.8, 4) is 5.75 Å². The number of benzene rings is 1. The standard InChI is InChI=1S/C15H19N3O/c1-5-13(10-11-16-2)12-17-18(3)14-6-8-15(19-4)9-7-14/h5-12H,1H2,2-4H3/b13-10+,16-11?,17-12?. The van der Waals surface area contributed by atoms with Gasteiger partial charge in [0, 0.05) is 20.3 Å². The summed E-state index contributed by atoms with van der Waals surface area (Å²) in [5.74, 6) is 0.826. The van der Waals surface area contributed by atoms with Crippen molar-refractivity contribution < 1.29 is 4.74 Å². The first-order valence-electron chi connectivity index (χ1n) is 5.88. The van der Waals surface area contributed by atoms with Gasteiger partial charge in [0.1, 0.15) is 5.75 Å². The van der Waals surface area contributed by atoms with Gasteiger partial charge >= 0.3 is 0 Å². The maximum absolute atomic E-state index is 5.11. The van der Waals surface area contributed by atoms with Crippen LogP contribution in [0.1, 0.15) is 0 Å². The summed E-state index contributed by atoms with van der Waals surface area (Å²) >= 11 is 0. The largest absolute Gasteiger partial charge is 0.497 e. The summed E-state index contributed by atoms with van der Waals surface area (Å²) in [6, 6.07) is 7.69. The van der Waals surface area contributed by atoms with E-state index in [2.05, 4.69) is 16.7 Å². The minimum absolute atomic E-state index is 0.826. The predicted octanol–water partition coefficient (Wildman–Crippen LogP) is 2.93. The van der Waals surface area contributed by atoms with E-state index in [1.807, 2.05) is 37.4 Å². The SMILES string of the molecule is C=C/C(C=NN(C)c1ccc(OC)cc1)=C\C=NC. The van der Waals surface area contributed by atoms with Crippen molar-refractivity contribution in [1.29, 1.82) is 0 Å². The molecule has 0 unspecified atom stereocenters. The topological polar surface area (TPSA) is 37.2 Å². The number of hydrazone groups is 1. The Morgan fingerprint density at radius 2 is 2.00 bits per heavy atom. The molecule has 0 aliphatic heterocycles. The van der Waals surface area contributed by atoms with E-state index >= 15 is 0 Å². The van der Waals surface area contributed by atoms with E-state index < -0.39 is 0 Å². The molecule has 0 amide bonds. The molecule has 0 saturated heterocycles. The smallest absolute Gasteiger partial charge is 0.119 e. The number of hydrogen-bond acceptors (Lipinski definition) is 4. The zero-order valence-corrected chi connectivity index (χ0v) is 11.6. The number of methoxy groups -OCH3 is 1. The lowest BCUT2D eigenvalue weighted by molar-refractivity contribution is 0.415. The molecule has 1 rings (SSSR count). The Morgan fingerprint density at radius 3 is 2.53 bits per heavy atom. The van der Waals surface area contributed by atoms with Crippen LogP contribution in [0.15, 0.2) is 58.7 Å². The number of anilines is 1. The first-order valence-corrected chi connectivity index (χ1v) is 5.88. The van der Waals surface area contributed by atoms with Gasteiger partial charge in [0.2, 0.25) is 0 Å². The van der Waals surface area contributed by atoms with Crippen LogP contribution in [-0.4, -0.2) is 33.6 Å². The van der Waals surface area contributed by atoms with E-state index in [1.54, 1.807) is 37.7 Å². The maximum Gasteiger partial charge on any atom is 0.119 e. The number of hydrogen-bond donors (Lipinski definition) is 0. The molecule has 0 aliphatic rings. The van der Waals surface area contributed by atoms with Gasteiger partial charge in [-0.05, 0) is 35.9 Å². The number of allylic oxidation sites excluding steroid dienone is 3. The maximum atomic E-state index is 5.11. The quantitative estimate of drug-likeness (QED) is 0.446. The summed E-state index contributed by atoms with van der Waals surface area (Å²) in [6.07, 6.45) is 7.01. The van der Waals surface area contributed by atoms with Gasteiger partial charge in [-0.2, -0.15) is 5.10 Å². The van der Waals surface area contributed by atoms with E-state index in [0.29, 0.717) is 0 Å². The average Bonchev–Trinajstić information content (AvgIpc) is 2.47. The number of rotatable bonds is 6. The van der Waals surface area contributed by atoms with E-state index in [-0.39, 0.29) is 0 Å². The summed E-state index contributed by atoms with van der Waals surface area (Å²) in [4.78, 5) is 3.89. The number of ether oxygens (including phenoxy) is 1. The van der Waals surface area contributed by atoms with Crippen LogP contribution in [-0.2, 0) is 0 Å². The fraction of sp³-hybridized carbons (Fsp3) is 0.200. The fourth-order valence-electron chi connectivity index (χ4n) is 1.34. The zero-order valence-electron chi connectivity index (χ0n) is 11.6. The lowest BCUT2D eigenvalue weighted by Crippen LogP contribution is -2.08. The van der Waals surface area contributed by atoms with E-state index in [4.69, 9.17) is 4.74 Å². The summed E-state index contributed by atoms with van der Waals surface area (Å²) in [5, 5.41) is 6.12. The van der Waals surface area contributed by atoms with Gasteiger partial charge in [-0.3, -0.25) is 10.0 Å². The van der Waals surface area contributed by atoms with Crippen LogP contribution in [0, 0.1) is 0 Å². The molecule has 0 atom stereocenters. The van der Waals surface area contributed by atoms with Crippen LogP contribution in [0.25, 0.3) is 0 Å². The molecule has 100 valence electrons. The minimum atomic E-state index is 0.826. The normalized spacial score (nSPS) is 12.1. The highest BCUT2D eigenvalue weighted by Gasteiger charge is 1.98. The lowest BCUT2D eigenvalue weighted by atomic mass is 10.3. The molecule has 0 saturated carbocycles. The Balaban J connectivity index is 2.76. The second-order valence-corrected chi connectivity index (χ2v) is 3.74. The Labute approximate surface area is 114 Å². The molecule has 0 N–H and O–H groups in total. The summed E-state index contributed by atoms with van der Waals surface area (Å²) < 4.78 is 5.11. The third-order valence-corrected chi connectivity index (χ3v) is 2.48. The van der Waals surface area contributed by atoms with Gasteiger partial charge in [0.05, 0.1) is 19.0 Å². The van der Waals surface area contributed by atoms with Gasteiger partial charge in [-0.1, -0.05) is 12.7 Å². The third-order valence-electron chi connectivity index (χ3n) is 2.48. The molecule has 0 fully saturated rings. The lowest BCUT2D eigenvalue weighted by Gasteiger charge is -2.13. The van der Waals surface area contributed by atoms with Crippen molar-refractivity contribution in [2.24, 2.45) is 10.1 Å². The van der Waals surface area contributed by atoms with E-state index in [1.165, 1.54) is 0 Å². The third kappa shape index (κ3) is 4.79. The van der Waals surface area contributed by atoms with E-state index in [0.717, 1.165) is 17.0 Å². The van der Waals surface area contributed by atoms with Crippen LogP contribution in [0.5, 0.6) is 5.75 Å². The monoisotopic (exact) mass is 257 g/mol. The Kier molecular flexibility index (Phi) is 6.09. The van der Waals surface area contributed by atoms with Crippen molar-refractivity contribution in [3.05, 3.63) is 48.6 Å². The number of nitrogens with zero attached hydrogens (tertiary/aromatic N) is 3. The van der Waals surface area contributed by atoms with Crippen molar-refractivity contribution in [2.45, 2.75) is 0 Å². The van der Waals surface area contributed by atoms with Crippen LogP contribution in [0.3, 0.4) is 0 Å². The molecule has 0 bridgehead atoms. The number of aliphatic imine (C=N–C) groups is 1. The van der Waals surface area contributed by atoms with Gasteiger partial charge in [-0.25, -0.2) is 0 Å². The predicted molar refractivity (Wildman–Crippen MR) is 82.6 cm³/mol. The average molecular weight is 257 g/mol. The minimum Gasteiger partial charge on any atom is -0.497 e. The fourth-order valence-corrected chi connectivity index (χ4v) is 1.34. The molecule has 0 radical (unpaired) electrons. The van der Waals surface area contributed by atoms with Crippen molar-refractivity contribution >= 4 is 18.1 Å².